The van der Waals surface area contributed by atoms with E-state index in [9.17, 15) is 4.79 Å². The molecule has 1 unspecified atom stereocenters. The predicted molar refractivity (Wildman–Crippen MR) is 96.7 cm³/mol. The van der Waals surface area contributed by atoms with Crippen LogP contribution in [-0.4, -0.2) is 54.4 Å². The Morgan fingerprint density at radius 2 is 1.67 bits per heavy atom. The first-order valence-electron chi connectivity index (χ1n) is 9.75. The maximum absolute atomic E-state index is 11.4. The van der Waals surface area contributed by atoms with Crippen LogP contribution in [0.3, 0.4) is 0 Å². The first-order chi connectivity index (χ1) is 12.6. The average Bonchev–Trinajstić information content (AvgIpc) is 3.03. The number of rotatable bonds is 7. The third-order valence-electron chi connectivity index (χ3n) is 5.05. The molecule has 3 fully saturated rings. The molecule has 0 aliphatic carbocycles. The number of hydrogen-bond donors (Lipinski definition) is 0. The van der Waals surface area contributed by atoms with Gasteiger partial charge in [0.25, 0.3) is 0 Å². The van der Waals surface area contributed by atoms with Gasteiger partial charge in [-0.15, -0.1) is 6.58 Å². The summed E-state index contributed by atoms with van der Waals surface area (Å²) in [5.74, 6) is -1.71. The second-order valence-electron chi connectivity index (χ2n) is 8.38. The Hall–Kier alpha value is -0.990. The van der Waals surface area contributed by atoms with Crippen LogP contribution in [0.2, 0.25) is 0 Å². The number of esters is 1. The molecule has 7 nitrogen and oxygen atoms in total. The first-order valence-corrected chi connectivity index (χ1v) is 9.75. The molecule has 3 aliphatic heterocycles. The molecule has 0 amide bonds. The summed E-state index contributed by atoms with van der Waals surface area (Å²) in [5.41, 5.74) is 0. The molecular formula is C20H32O7. The summed E-state index contributed by atoms with van der Waals surface area (Å²) >= 11 is 0. The molecule has 3 heterocycles. The van der Waals surface area contributed by atoms with Gasteiger partial charge in [0.2, 0.25) is 0 Å². The van der Waals surface area contributed by atoms with E-state index >= 15 is 0 Å². The number of hydrogen-bond acceptors (Lipinski definition) is 7. The molecule has 3 saturated heterocycles. The molecule has 3 aliphatic rings. The van der Waals surface area contributed by atoms with Crippen LogP contribution in [0.15, 0.2) is 12.7 Å². The maximum atomic E-state index is 11.4. The lowest BCUT2D eigenvalue weighted by Crippen LogP contribution is -2.55. The lowest BCUT2D eigenvalue weighted by molar-refractivity contribution is -0.236. The van der Waals surface area contributed by atoms with Crippen LogP contribution in [-0.2, 0) is 33.2 Å². The molecule has 7 heteroatoms. The summed E-state index contributed by atoms with van der Waals surface area (Å²) in [7, 11) is 0. The van der Waals surface area contributed by atoms with Gasteiger partial charge in [0.1, 0.15) is 24.4 Å². The summed E-state index contributed by atoms with van der Waals surface area (Å²) in [5, 5.41) is 0. The van der Waals surface area contributed by atoms with Crippen molar-refractivity contribution in [3.8, 4) is 0 Å². The molecule has 27 heavy (non-hydrogen) atoms. The third-order valence-corrected chi connectivity index (χ3v) is 5.05. The fourth-order valence-corrected chi connectivity index (χ4v) is 4.08. The Morgan fingerprint density at radius 3 is 2.33 bits per heavy atom. The predicted octanol–water partition coefficient (Wildman–Crippen LogP) is 3.06. The van der Waals surface area contributed by atoms with E-state index in [-0.39, 0.29) is 36.5 Å². The van der Waals surface area contributed by atoms with Gasteiger partial charge in [-0.1, -0.05) is 6.08 Å². The topological polar surface area (TPSA) is 72.5 Å². The molecule has 0 spiro atoms. The standard InChI is InChI=1S/C20H32O7/c1-7-8-9-13(22-12(2)21)10-11-14-15-16(25-19(3,4)24-15)17-18(23-14)27-20(5,6)26-17/h7,13-18H,1,8-11H2,2-6H3/t13?,14-,15+,16+,17-,18-/m1/s1. The van der Waals surface area contributed by atoms with Crippen LogP contribution >= 0.6 is 0 Å². The fraction of sp³-hybridized carbons (Fsp3) is 0.850. The highest BCUT2D eigenvalue weighted by molar-refractivity contribution is 5.66. The number of carbonyl (C=O) groups excluding carboxylic acids is 1. The van der Waals surface area contributed by atoms with Crippen molar-refractivity contribution in [1.29, 1.82) is 0 Å². The third kappa shape index (κ3) is 4.90. The average molecular weight is 384 g/mol. The van der Waals surface area contributed by atoms with Crippen LogP contribution in [0, 0.1) is 0 Å². The zero-order chi connectivity index (χ0) is 19.8. The lowest BCUT2D eigenvalue weighted by atomic mass is 9.94. The van der Waals surface area contributed by atoms with Crippen molar-refractivity contribution in [3.63, 3.8) is 0 Å². The van der Waals surface area contributed by atoms with Crippen molar-refractivity contribution in [2.75, 3.05) is 0 Å². The smallest absolute Gasteiger partial charge is 0.302 e. The van der Waals surface area contributed by atoms with Crippen LogP contribution in [0.5, 0.6) is 0 Å². The summed E-state index contributed by atoms with van der Waals surface area (Å²) < 4.78 is 35.8. The Balaban J connectivity index is 1.68. The largest absolute Gasteiger partial charge is 0.463 e. The minimum Gasteiger partial charge on any atom is -0.463 e. The molecule has 0 aromatic carbocycles. The Labute approximate surface area is 161 Å². The Kier molecular flexibility index (Phi) is 5.99. The van der Waals surface area contributed by atoms with Gasteiger partial charge in [0.15, 0.2) is 17.9 Å². The highest BCUT2D eigenvalue weighted by Gasteiger charge is 2.60. The second-order valence-corrected chi connectivity index (χ2v) is 8.38. The number of carbonyl (C=O) groups is 1. The van der Waals surface area contributed by atoms with Gasteiger partial charge >= 0.3 is 5.97 Å². The molecular weight excluding hydrogens is 352 g/mol. The van der Waals surface area contributed by atoms with Crippen LogP contribution in [0.25, 0.3) is 0 Å². The highest BCUT2D eigenvalue weighted by Crippen LogP contribution is 2.45. The van der Waals surface area contributed by atoms with Gasteiger partial charge in [-0.2, -0.15) is 0 Å². The highest BCUT2D eigenvalue weighted by atomic mass is 16.9. The van der Waals surface area contributed by atoms with Crippen molar-refractivity contribution in [2.45, 2.75) is 109 Å². The van der Waals surface area contributed by atoms with Gasteiger partial charge in [-0.05, 0) is 53.4 Å². The minimum atomic E-state index is -0.727. The summed E-state index contributed by atoms with van der Waals surface area (Å²) in [6.07, 6.45) is 2.97. The van der Waals surface area contributed by atoms with Crippen molar-refractivity contribution in [3.05, 3.63) is 12.7 Å². The van der Waals surface area contributed by atoms with Crippen molar-refractivity contribution in [1.82, 2.24) is 0 Å². The van der Waals surface area contributed by atoms with E-state index in [1.807, 2.05) is 33.8 Å². The van der Waals surface area contributed by atoms with Gasteiger partial charge in [0, 0.05) is 6.92 Å². The minimum absolute atomic E-state index is 0.173. The Bertz CT molecular complexity index is 559. The first kappa shape index (κ1) is 20.7. The van der Waals surface area contributed by atoms with Gasteiger partial charge in [-0.25, -0.2) is 0 Å². The van der Waals surface area contributed by atoms with E-state index in [0.717, 1.165) is 12.8 Å². The summed E-state index contributed by atoms with van der Waals surface area (Å²) in [6.45, 7) is 12.7. The summed E-state index contributed by atoms with van der Waals surface area (Å²) in [4.78, 5) is 11.4. The molecule has 0 radical (unpaired) electrons. The van der Waals surface area contributed by atoms with Gasteiger partial charge < -0.3 is 28.4 Å². The van der Waals surface area contributed by atoms with E-state index in [0.29, 0.717) is 12.8 Å². The summed E-state index contributed by atoms with van der Waals surface area (Å²) in [6, 6.07) is 0. The molecule has 0 aromatic rings. The molecule has 154 valence electrons. The van der Waals surface area contributed by atoms with Crippen molar-refractivity contribution >= 4 is 5.97 Å². The lowest BCUT2D eigenvalue weighted by Gasteiger charge is -2.37. The molecule has 6 atom stereocenters. The zero-order valence-electron chi connectivity index (χ0n) is 16.9. The SMILES string of the molecule is C=CCCC(CC[C@H]1O[C@@H]2OC(C)(C)O[C@@H]2[C@H]2OC(C)(C)O[C@H]21)OC(C)=O. The number of fused-ring (bicyclic) bond motifs is 3. The van der Waals surface area contributed by atoms with Crippen molar-refractivity contribution < 1.29 is 33.2 Å². The van der Waals surface area contributed by atoms with Crippen molar-refractivity contribution in [2.24, 2.45) is 0 Å². The molecule has 0 bridgehead atoms. The van der Waals surface area contributed by atoms with E-state index in [1.165, 1.54) is 6.92 Å². The van der Waals surface area contributed by atoms with Crippen LogP contribution in [0.1, 0.15) is 60.3 Å². The van der Waals surface area contributed by atoms with E-state index in [4.69, 9.17) is 28.4 Å². The van der Waals surface area contributed by atoms with Crippen LogP contribution in [0.4, 0.5) is 0 Å². The normalized spacial score (nSPS) is 37.3. The zero-order valence-corrected chi connectivity index (χ0v) is 16.9. The number of allylic oxidation sites excluding steroid dienone is 1. The van der Waals surface area contributed by atoms with Crippen LogP contribution < -0.4 is 0 Å². The molecule has 0 aromatic heterocycles. The monoisotopic (exact) mass is 384 g/mol. The van der Waals surface area contributed by atoms with Gasteiger partial charge in [-0.3, -0.25) is 4.79 Å². The molecule has 0 N–H and O–H groups in total. The fourth-order valence-electron chi connectivity index (χ4n) is 4.08. The quantitative estimate of drug-likeness (QED) is 0.493. The molecule has 3 rings (SSSR count). The van der Waals surface area contributed by atoms with Gasteiger partial charge in [0.05, 0.1) is 6.10 Å². The Morgan fingerprint density at radius 1 is 1.04 bits per heavy atom. The maximum Gasteiger partial charge on any atom is 0.302 e. The second kappa shape index (κ2) is 7.79. The van der Waals surface area contributed by atoms with E-state index < -0.39 is 17.9 Å². The molecule has 0 saturated carbocycles. The van der Waals surface area contributed by atoms with E-state index in [1.54, 1.807) is 0 Å². The number of ether oxygens (including phenoxy) is 6. The van der Waals surface area contributed by atoms with E-state index in [2.05, 4.69) is 6.58 Å².